The lowest BCUT2D eigenvalue weighted by Gasteiger charge is -2.18. The van der Waals surface area contributed by atoms with Crippen molar-refractivity contribution in [1.82, 2.24) is 0 Å². The van der Waals surface area contributed by atoms with E-state index in [0.29, 0.717) is 0 Å². The van der Waals surface area contributed by atoms with Crippen LogP contribution in [-0.4, -0.2) is 21.8 Å². The summed E-state index contributed by atoms with van der Waals surface area (Å²) in [5.74, 6) is -2.22. The Kier molecular flexibility index (Phi) is 2.81. The van der Waals surface area contributed by atoms with Crippen LogP contribution in [0.4, 0.5) is 11.4 Å². The van der Waals surface area contributed by atoms with Crippen LogP contribution in [-0.2, 0) is 9.59 Å². The molecule has 7 nitrogen and oxygen atoms in total. The Hall–Kier alpha value is -2.41. The number of nitro benzene ring substituents is 1. The molecule has 8 heteroatoms. The molecule has 0 unspecified atom stereocenters. The first kappa shape index (κ1) is 14.2. The van der Waals surface area contributed by atoms with E-state index in [4.69, 9.17) is 11.6 Å². The summed E-state index contributed by atoms with van der Waals surface area (Å²) in [5.41, 5.74) is -0.602. The number of anilines is 1. The smallest absolute Gasteiger partial charge is 0.273 e. The lowest BCUT2D eigenvalue weighted by molar-refractivity contribution is -0.384. The molecule has 1 N–H and O–H groups in total. The molecule has 4 rings (SSSR count). The Labute approximate surface area is 135 Å². The quantitative estimate of drug-likeness (QED) is 0.387. The Morgan fingerprint density at radius 3 is 2.26 bits per heavy atom. The second-order valence-electron chi connectivity index (χ2n) is 6.06. The molecule has 2 fully saturated rings. The molecular formula is C15H11ClN2O5. The molecule has 3 aliphatic rings. The highest BCUT2D eigenvalue weighted by atomic mass is 35.5. The molecule has 0 spiro atoms. The summed E-state index contributed by atoms with van der Waals surface area (Å²) in [6.07, 6.45) is 4.67. The first-order valence-electron chi connectivity index (χ1n) is 7.13. The van der Waals surface area contributed by atoms with Gasteiger partial charge in [0.2, 0.25) is 11.8 Å². The van der Waals surface area contributed by atoms with Gasteiger partial charge in [-0.15, -0.1) is 0 Å². The van der Waals surface area contributed by atoms with Crippen LogP contribution >= 0.6 is 11.6 Å². The molecule has 23 heavy (non-hydrogen) atoms. The molecule has 1 heterocycles. The van der Waals surface area contributed by atoms with Crippen molar-refractivity contribution >= 4 is 34.8 Å². The summed E-state index contributed by atoms with van der Waals surface area (Å²) in [7, 11) is 0. The molecule has 0 radical (unpaired) electrons. The number of allylic oxidation sites excluding steroid dienone is 2. The molecule has 118 valence electrons. The van der Waals surface area contributed by atoms with Crippen molar-refractivity contribution in [1.29, 1.82) is 0 Å². The van der Waals surface area contributed by atoms with Crippen LogP contribution in [0.1, 0.15) is 6.42 Å². The lowest BCUT2D eigenvalue weighted by Crippen LogP contribution is -2.33. The fourth-order valence-corrected chi connectivity index (χ4v) is 4.19. The monoisotopic (exact) mass is 334 g/mol. The van der Waals surface area contributed by atoms with E-state index in [1.54, 1.807) is 0 Å². The van der Waals surface area contributed by atoms with E-state index in [2.05, 4.69) is 0 Å². The zero-order valence-electron chi connectivity index (χ0n) is 11.7. The van der Waals surface area contributed by atoms with Crippen LogP contribution < -0.4 is 4.90 Å². The second-order valence-corrected chi connectivity index (χ2v) is 6.47. The van der Waals surface area contributed by atoms with E-state index >= 15 is 0 Å². The van der Waals surface area contributed by atoms with Crippen molar-refractivity contribution in [3.63, 3.8) is 0 Å². The van der Waals surface area contributed by atoms with Gasteiger partial charge in [-0.25, -0.2) is 4.90 Å². The molecule has 2 amide bonds. The highest BCUT2D eigenvalue weighted by Gasteiger charge is 2.60. The van der Waals surface area contributed by atoms with Crippen LogP contribution in [0.25, 0.3) is 0 Å². The van der Waals surface area contributed by atoms with Gasteiger partial charge in [0.05, 0.1) is 21.8 Å². The maximum absolute atomic E-state index is 12.7. The number of carbonyl (C=O) groups is 2. The zero-order chi connectivity index (χ0) is 16.5. The summed E-state index contributed by atoms with van der Waals surface area (Å²) < 4.78 is 0. The number of fused-ring (bicyclic) bond motifs is 5. The Morgan fingerprint density at radius 2 is 1.74 bits per heavy atom. The van der Waals surface area contributed by atoms with Gasteiger partial charge in [-0.2, -0.15) is 0 Å². The van der Waals surface area contributed by atoms with Gasteiger partial charge in [0.1, 0.15) is 5.69 Å². The van der Waals surface area contributed by atoms with E-state index in [9.17, 15) is 24.8 Å². The van der Waals surface area contributed by atoms with Gasteiger partial charge in [-0.3, -0.25) is 19.7 Å². The Morgan fingerprint density at radius 1 is 1.17 bits per heavy atom. The number of phenols is 1. The number of imide groups is 1. The third-order valence-corrected chi connectivity index (χ3v) is 5.24. The van der Waals surface area contributed by atoms with Gasteiger partial charge in [0.25, 0.3) is 5.69 Å². The number of hydrogen-bond acceptors (Lipinski definition) is 5. The van der Waals surface area contributed by atoms with Crippen LogP contribution in [0.3, 0.4) is 0 Å². The Balaban J connectivity index is 1.82. The number of nitrogens with zero attached hydrogens (tertiary/aromatic N) is 2. The van der Waals surface area contributed by atoms with Crippen LogP contribution in [0.5, 0.6) is 5.75 Å². The molecule has 1 saturated carbocycles. The van der Waals surface area contributed by atoms with Crippen molar-refractivity contribution in [2.75, 3.05) is 4.90 Å². The third-order valence-electron chi connectivity index (χ3n) is 4.95. The van der Waals surface area contributed by atoms with Gasteiger partial charge >= 0.3 is 0 Å². The molecule has 1 aromatic rings. The number of non-ortho nitro benzene ring substituents is 1. The van der Waals surface area contributed by atoms with Crippen LogP contribution in [0.15, 0.2) is 24.3 Å². The number of carbonyl (C=O) groups excluding carboxylic acids is 2. The summed E-state index contributed by atoms with van der Waals surface area (Å²) in [4.78, 5) is 36.5. The fraction of sp³-hybridized carbons (Fsp3) is 0.333. The molecular weight excluding hydrogens is 324 g/mol. The average molecular weight is 335 g/mol. The normalized spacial score (nSPS) is 31.1. The van der Waals surface area contributed by atoms with Crippen molar-refractivity contribution < 1.29 is 19.6 Å². The van der Waals surface area contributed by atoms with Crippen molar-refractivity contribution in [3.8, 4) is 5.75 Å². The minimum absolute atomic E-state index is 0.0164. The molecule has 2 aliphatic carbocycles. The molecule has 0 aromatic heterocycles. The summed E-state index contributed by atoms with van der Waals surface area (Å²) in [5, 5.41) is 20.8. The van der Waals surface area contributed by atoms with Gasteiger partial charge in [0, 0.05) is 12.1 Å². The number of halogens is 1. The Bertz CT molecular complexity index is 775. The van der Waals surface area contributed by atoms with Gasteiger partial charge < -0.3 is 5.11 Å². The average Bonchev–Trinajstić information content (AvgIpc) is 3.17. The van der Waals surface area contributed by atoms with Crippen LogP contribution in [0, 0.1) is 33.8 Å². The number of hydrogen-bond donors (Lipinski definition) is 1. The fourth-order valence-electron chi connectivity index (χ4n) is 3.99. The van der Waals surface area contributed by atoms with Crippen molar-refractivity contribution in [2.45, 2.75) is 6.42 Å². The van der Waals surface area contributed by atoms with Crippen LogP contribution in [0.2, 0.25) is 5.02 Å². The zero-order valence-corrected chi connectivity index (χ0v) is 12.4. The molecule has 2 bridgehead atoms. The topological polar surface area (TPSA) is 101 Å². The SMILES string of the molecule is O=C1[C@@H]2[C@@H](C(=O)N1c1cc([N+](=O)[O-])cc(Cl)c1O)[C@H]1C=C[C@H]2C1. The van der Waals surface area contributed by atoms with E-state index in [1.807, 2.05) is 12.2 Å². The molecule has 1 aliphatic heterocycles. The van der Waals surface area contributed by atoms with E-state index < -0.39 is 34.3 Å². The van der Waals surface area contributed by atoms with Gasteiger partial charge in [-0.05, 0) is 18.3 Å². The first-order chi connectivity index (χ1) is 10.9. The number of phenolic OH excluding ortho intramolecular Hbond substituents is 1. The number of nitro groups is 1. The number of benzene rings is 1. The summed E-state index contributed by atoms with van der Waals surface area (Å²) in [6, 6.07) is 1.99. The minimum Gasteiger partial charge on any atom is -0.504 e. The predicted molar refractivity (Wildman–Crippen MR) is 80.0 cm³/mol. The van der Waals surface area contributed by atoms with E-state index in [0.717, 1.165) is 23.5 Å². The van der Waals surface area contributed by atoms with Crippen molar-refractivity contribution in [2.24, 2.45) is 23.7 Å². The predicted octanol–water partition coefficient (Wildman–Crippen LogP) is 2.27. The lowest BCUT2D eigenvalue weighted by atomic mass is 9.85. The number of aromatic hydroxyl groups is 1. The maximum Gasteiger partial charge on any atom is 0.273 e. The first-order valence-corrected chi connectivity index (χ1v) is 7.51. The second kappa shape index (κ2) is 4.55. The summed E-state index contributed by atoms with van der Waals surface area (Å²) >= 11 is 5.81. The van der Waals surface area contributed by atoms with E-state index in [1.165, 1.54) is 0 Å². The summed E-state index contributed by atoms with van der Waals surface area (Å²) in [6.45, 7) is 0. The van der Waals surface area contributed by atoms with E-state index in [-0.39, 0.29) is 28.2 Å². The third kappa shape index (κ3) is 1.77. The highest BCUT2D eigenvalue weighted by Crippen LogP contribution is 2.54. The molecule has 1 saturated heterocycles. The maximum atomic E-state index is 12.7. The minimum atomic E-state index is -0.689. The largest absolute Gasteiger partial charge is 0.504 e. The van der Waals surface area contributed by atoms with Gasteiger partial charge in [0.15, 0.2) is 5.75 Å². The standard InChI is InChI=1S/C15H11ClN2O5/c16-9-4-8(18(22)23)5-10(13(9)19)17-14(20)11-6-1-2-7(3-6)12(11)15(17)21/h1-2,4-7,11-12,19H,3H2/t6-,7-,11-,12-/m0/s1. The number of rotatable bonds is 2. The molecule has 4 atom stereocenters. The number of amides is 2. The highest BCUT2D eigenvalue weighted by molar-refractivity contribution is 6.33. The van der Waals surface area contributed by atoms with Gasteiger partial charge in [-0.1, -0.05) is 23.8 Å². The van der Waals surface area contributed by atoms with Crippen molar-refractivity contribution in [3.05, 3.63) is 39.4 Å². The molecule has 1 aromatic carbocycles.